The molecule has 18 heavy (non-hydrogen) atoms. The van der Waals surface area contributed by atoms with Crippen molar-refractivity contribution in [3.8, 4) is 0 Å². The van der Waals surface area contributed by atoms with Crippen LogP contribution in [0.1, 0.15) is 39.5 Å². The SMILES string of the molecule is C[C@H](CCCCNC(=O)[C@H]1N=CC[C@@H]1C)C(=O)F. The molecule has 5 heteroatoms. The number of halogens is 1. The van der Waals surface area contributed by atoms with Crippen molar-refractivity contribution in [2.24, 2.45) is 16.8 Å². The van der Waals surface area contributed by atoms with Gasteiger partial charge in [-0.05, 0) is 25.2 Å². The number of amides is 1. The van der Waals surface area contributed by atoms with Gasteiger partial charge >= 0.3 is 6.04 Å². The molecule has 4 nitrogen and oxygen atoms in total. The van der Waals surface area contributed by atoms with E-state index in [0.29, 0.717) is 13.0 Å². The van der Waals surface area contributed by atoms with Crippen molar-refractivity contribution in [1.29, 1.82) is 0 Å². The zero-order valence-electron chi connectivity index (χ0n) is 11.0. The molecule has 102 valence electrons. The summed E-state index contributed by atoms with van der Waals surface area (Å²) >= 11 is 0. The summed E-state index contributed by atoms with van der Waals surface area (Å²) in [6, 6.07) is -1.51. The van der Waals surface area contributed by atoms with Crippen LogP contribution in [0.15, 0.2) is 4.99 Å². The number of carbonyl (C=O) groups is 2. The summed E-state index contributed by atoms with van der Waals surface area (Å²) in [5.41, 5.74) is 0. The molecule has 0 aromatic heterocycles. The number of carbonyl (C=O) groups excluding carboxylic acids is 2. The summed E-state index contributed by atoms with van der Waals surface area (Å²) < 4.78 is 12.3. The van der Waals surface area contributed by atoms with Crippen LogP contribution >= 0.6 is 0 Å². The van der Waals surface area contributed by atoms with E-state index >= 15 is 0 Å². The fourth-order valence-electron chi connectivity index (χ4n) is 1.95. The van der Waals surface area contributed by atoms with Crippen LogP contribution < -0.4 is 5.32 Å². The molecule has 0 radical (unpaired) electrons. The highest BCUT2D eigenvalue weighted by Crippen LogP contribution is 2.16. The predicted octanol–water partition coefficient (Wildman–Crippen LogP) is 1.88. The number of hydrogen-bond acceptors (Lipinski definition) is 3. The van der Waals surface area contributed by atoms with Gasteiger partial charge in [-0.15, -0.1) is 0 Å². The summed E-state index contributed by atoms with van der Waals surface area (Å²) in [6.45, 7) is 4.15. The van der Waals surface area contributed by atoms with Gasteiger partial charge in [0.15, 0.2) is 0 Å². The zero-order valence-corrected chi connectivity index (χ0v) is 11.0. The molecule has 0 aromatic carbocycles. The molecule has 0 bridgehead atoms. The third-order valence-electron chi connectivity index (χ3n) is 3.30. The van der Waals surface area contributed by atoms with Gasteiger partial charge in [-0.1, -0.05) is 20.3 Å². The van der Waals surface area contributed by atoms with Crippen molar-refractivity contribution < 1.29 is 14.0 Å². The molecule has 1 aliphatic heterocycles. The molecular weight excluding hydrogens is 235 g/mol. The molecule has 1 N–H and O–H groups in total. The number of nitrogens with one attached hydrogen (secondary N) is 1. The Hall–Kier alpha value is -1.26. The van der Waals surface area contributed by atoms with E-state index in [9.17, 15) is 14.0 Å². The minimum atomic E-state index is -1.26. The Morgan fingerprint density at radius 3 is 2.78 bits per heavy atom. The molecule has 0 saturated carbocycles. The first-order valence-corrected chi connectivity index (χ1v) is 6.51. The maximum absolute atomic E-state index is 12.3. The highest BCUT2D eigenvalue weighted by atomic mass is 19.1. The van der Waals surface area contributed by atoms with Crippen molar-refractivity contribution in [2.45, 2.75) is 45.6 Å². The second kappa shape index (κ2) is 7.24. The number of unbranched alkanes of at least 4 members (excludes halogenated alkanes) is 1. The van der Waals surface area contributed by atoms with E-state index in [-0.39, 0.29) is 17.9 Å². The zero-order chi connectivity index (χ0) is 13.5. The Labute approximate surface area is 107 Å². The van der Waals surface area contributed by atoms with Gasteiger partial charge in [-0.3, -0.25) is 14.6 Å². The lowest BCUT2D eigenvalue weighted by molar-refractivity contribution is -0.133. The summed E-state index contributed by atoms with van der Waals surface area (Å²) in [6.07, 6.45) is 4.68. The summed E-state index contributed by atoms with van der Waals surface area (Å²) in [4.78, 5) is 26.2. The van der Waals surface area contributed by atoms with E-state index in [0.717, 1.165) is 19.3 Å². The second-order valence-electron chi connectivity index (χ2n) is 4.98. The molecule has 1 heterocycles. The maximum atomic E-state index is 12.3. The quantitative estimate of drug-likeness (QED) is 0.558. The monoisotopic (exact) mass is 256 g/mol. The minimum absolute atomic E-state index is 0.0362. The van der Waals surface area contributed by atoms with Gasteiger partial charge in [-0.25, -0.2) is 0 Å². The first-order chi connectivity index (χ1) is 8.52. The first kappa shape index (κ1) is 14.8. The normalized spacial score (nSPS) is 23.9. The predicted molar refractivity (Wildman–Crippen MR) is 68.2 cm³/mol. The Balaban J connectivity index is 2.09. The summed E-state index contributed by atoms with van der Waals surface area (Å²) in [5.74, 6) is -0.291. The Bertz CT molecular complexity index is 331. The largest absolute Gasteiger partial charge is 0.354 e. The van der Waals surface area contributed by atoms with Crippen LogP contribution in [0.5, 0.6) is 0 Å². The standard InChI is InChI=1S/C13H21FN2O2/c1-9-6-8-15-11(9)13(18)16-7-4-3-5-10(2)12(14)17/h8-11H,3-7H2,1-2H3,(H,16,18)/t9-,10+,11-/m0/s1. The molecule has 0 saturated heterocycles. The molecule has 1 amide bonds. The van der Waals surface area contributed by atoms with Crippen LogP contribution in [-0.4, -0.2) is 30.7 Å². The molecule has 3 atom stereocenters. The van der Waals surface area contributed by atoms with E-state index in [4.69, 9.17) is 0 Å². The van der Waals surface area contributed by atoms with Crippen LogP contribution in [0.4, 0.5) is 4.39 Å². The van der Waals surface area contributed by atoms with E-state index in [1.807, 2.05) is 6.92 Å². The van der Waals surface area contributed by atoms with Crippen LogP contribution in [0.3, 0.4) is 0 Å². The lowest BCUT2D eigenvalue weighted by atomic mass is 10.0. The highest BCUT2D eigenvalue weighted by molar-refractivity contribution is 5.85. The topological polar surface area (TPSA) is 58.5 Å². The van der Waals surface area contributed by atoms with Gasteiger partial charge < -0.3 is 5.32 Å². The van der Waals surface area contributed by atoms with Crippen molar-refractivity contribution in [2.75, 3.05) is 6.54 Å². The van der Waals surface area contributed by atoms with Crippen LogP contribution in [0, 0.1) is 11.8 Å². The molecule has 0 aliphatic carbocycles. The lowest BCUT2D eigenvalue weighted by Gasteiger charge is -2.13. The Morgan fingerprint density at radius 1 is 1.50 bits per heavy atom. The lowest BCUT2D eigenvalue weighted by Crippen LogP contribution is -2.36. The van der Waals surface area contributed by atoms with E-state index in [1.165, 1.54) is 0 Å². The smallest absolute Gasteiger partial charge is 0.304 e. The van der Waals surface area contributed by atoms with Crippen LogP contribution in [0.2, 0.25) is 0 Å². The number of rotatable bonds is 7. The molecule has 0 unspecified atom stereocenters. The molecule has 0 spiro atoms. The van der Waals surface area contributed by atoms with Gasteiger partial charge in [0.25, 0.3) is 0 Å². The molecular formula is C13H21FN2O2. The number of hydrogen-bond donors (Lipinski definition) is 1. The summed E-state index contributed by atoms with van der Waals surface area (Å²) in [5, 5.41) is 2.83. The maximum Gasteiger partial charge on any atom is 0.304 e. The highest BCUT2D eigenvalue weighted by Gasteiger charge is 2.26. The van der Waals surface area contributed by atoms with Gasteiger partial charge in [0, 0.05) is 18.7 Å². The van der Waals surface area contributed by atoms with E-state index < -0.39 is 12.0 Å². The third-order valence-corrected chi connectivity index (χ3v) is 3.30. The molecule has 0 aromatic rings. The second-order valence-corrected chi connectivity index (χ2v) is 4.98. The van der Waals surface area contributed by atoms with Gasteiger partial charge in [0.1, 0.15) is 6.04 Å². The van der Waals surface area contributed by atoms with Gasteiger partial charge in [0.05, 0.1) is 0 Å². The van der Waals surface area contributed by atoms with Crippen molar-refractivity contribution in [3.05, 3.63) is 0 Å². The van der Waals surface area contributed by atoms with Crippen molar-refractivity contribution in [1.82, 2.24) is 5.32 Å². The average molecular weight is 256 g/mol. The van der Waals surface area contributed by atoms with Gasteiger partial charge in [-0.2, -0.15) is 4.39 Å². The van der Waals surface area contributed by atoms with Crippen molar-refractivity contribution >= 4 is 18.2 Å². The Kier molecular flexibility index (Phi) is 5.95. The first-order valence-electron chi connectivity index (χ1n) is 6.51. The van der Waals surface area contributed by atoms with Crippen LogP contribution in [0.25, 0.3) is 0 Å². The third kappa shape index (κ3) is 4.55. The minimum Gasteiger partial charge on any atom is -0.354 e. The molecule has 1 aliphatic rings. The number of aliphatic imine (C=N–C) groups is 1. The molecule has 1 rings (SSSR count). The average Bonchev–Trinajstić information content (AvgIpc) is 2.74. The van der Waals surface area contributed by atoms with Crippen molar-refractivity contribution in [3.63, 3.8) is 0 Å². The summed E-state index contributed by atoms with van der Waals surface area (Å²) in [7, 11) is 0. The van der Waals surface area contributed by atoms with Gasteiger partial charge in [0.2, 0.25) is 5.91 Å². The Morgan fingerprint density at radius 2 is 2.22 bits per heavy atom. The fraction of sp³-hybridized carbons (Fsp3) is 0.769. The number of nitrogens with zero attached hydrogens (tertiary/aromatic N) is 1. The van der Waals surface area contributed by atoms with Crippen LogP contribution in [-0.2, 0) is 9.59 Å². The van der Waals surface area contributed by atoms with E-state index in [1.54, 1.807) is 13.1 Å². The fourth-order valence-corrected chi connectivity index (χ4v) is 1.95. The molecule has 0 fully saturated rings. The van der Waals surface area contributed by atoms with E-state index in [2.05, 4.69) is 10.3 Å².